The summed E-state index contributed by atoms with van der Waals surface area (Å²) in [6.07, 6.45) is 0.544. The van der Waals surface area contributed by atoms with Crippen molar-refractivity contribution >= 4 is 9.84 Å². The minimum atomic E-state index is -2.87. The van der Waals surface area contributed by atoms with Crippen molar-refractivity contribution in [1.82, 2.24) is 0 Å². The fourth-order valence-corrected chi connectivity index (χ4v) is 2.41. The van der Waals surface area contributed by atoms with E-state index < -0.39 is 9.84 Å². The first-order chi connectivity index (χ1) is 8.44. The highest BCUT2D eigenvalue weighted by Gasteiger charge is 2.06. The van der Waals surface area contributed by atoms with Gasteiger partial charge in [0, 0.05) is 5.75 Å². The van der Waals surface area contributed by atoms with E-state index in [1.54, 1.807) is 6.92 Å². The Morgan fingerprint density at radius 1 is 1.17 bits per heavy atom. The summed E-state index contributed by atoms with van der Waals surface area (Å²) in [5, 5.41) is 0. The topological polar surface area (TPSA) is 43.4 Å². The molecule has 102 valence electrons. The largest absolute Gasteiger partial charge is 0.494 e. The summed E-state index contributed by atoms with van der Waals surface area (Å²) in [6, 6.07) is 7.96. The lowest BCUT2D eigenvalue weighted by molar-refractivity contribution is 0.317. The van der Waals surface area contributed by atoms with Gasteiger partial charge in [0.25, 0.3) is 0 Å². The van der Waals surface area contributed by atoms with Gasteiger partial charge in [-0.3, -0.25) is 0 Å². The van der Waals surface area contributed by atoms with Gasteiger partial charge in [0.05, 0.1) is 12.4 Å². The van der Waals surface area contributed by atoms with Crippen molar-refractivity contribution in [1.29, 1.82) is 0 Å². The SMILES string of the molecule is CCS(=O)(=O)CCCOc1ccc(C(C)C)cc1. The van der Waals surface area contributed by atoms with Gasteiger partial charge in [0.15, 0.2) is 0 Å². The van der Waals surface area contributed by atoms with Crippen LogP contribution in [0.15, 0.2) is 24.3 Å². The molecule has 0 aliphatic carbocycles. The summed E-state index contributed by atoms with van der Waals surface area (Å²) in [5.41, 5.74) is 1.27. The van der Waals surface area contributed by atoms with Gasteiger partial charge in [-0.2, -0.15) is 0 Å². The molecule has 0 aliphatic heterocycles. The molecule has 1 rings (SSSR count). The van der Waals surface area contributed by atoms with Gasteiger partial charge in [0.1, 0.15) is 15.6 Å². The summed E-state index contributed by atoms with van der Waals surface area (Å²) in [4.78, 5) is 0. The van der Waals surface area contributed by atoms with Crippen LogP contribution in [-0.4, -0.2) is 26.5 Å². The molecule has 1 aromatic rings. The molecule has 0 saturated heterocycles. The third-order valence-electron chi connectivity index (χ3n) is 2.86. The number of hydrogen-bond acceptors (Lipinski definition) is 3. The van der Waals surface area contributed by atoms with Crippen molar-refractivity contribution in [2.24, 2.45) is 0 Å². The fraction of sp³-hybridized carbons (Fsp3) is 0.571. The Kier molecular flexibility index (Phi) is 5.66. The van der Waals surface area contributed by atoms with Gasteiger partial charge >= 0.3 is 0 Å². The molecule has 0 heterocycles. The molecular formula is C14H22O3S. The minimum Gasteiger partial charge on any atom is -0.494 e. The quantitative estimate of drug-likeness (QED) is 0.715. The van der Waals surface area contributed by atoms with E-state index >= 15 is 0 Å². The second-order valence-corrected chi connectivity index (χ2v) is 7.13. The molecule has 4 heteroatoms. The highest BCUT2D eigenvalue weighted by Crippen LogP contribution is 2.18. The van der Waals surface area contributed by atoms with Crippen LogP contribution in [-0.2, 0) is 9.84 Å². The molecule has 0 bridgehead atoms. The monoisotopic (exact) mass is 270 g/mol. The average Bonchev–Trinajstić information content (AvgIpc) is 2.35. The first kappa shape index (κ1) is 15.0. The number of hydrogen-bond donors (Lipinski definition) is 0. The maximum Gasteiger partial charge on any atom is 0.150 e. The summed E-state index contributed by atoms with van der Waals surface area (Å²) < 4.78 is 28.1. The Labute approximate surface area is 110 Å². The molecule has 0 unspecified atom stereocenters. The Morgan fingerprint density at radius 2 is 1.78 bits per heavy atom. The third kappa shape index (κ3) is 5.08. The zero-order valence-corrected chi connectivity index (χ0v) is 12.2. The van der Waals surface area contributed by atoms with Crippen LogP contribution in [0.4, 0.5) is 0 Å². The number of sulfone groups is 1. The lowest BCUT2D eigenvalue weighted by Gasteiger charge is -2.08. The molecule has 0 atom stereocenters. The third-order valence-corrected chi connectivity index (χ3v) is 4.65. The van der Waals surface area contributed by atoms with E-state index in [1.807, 2.05) is 24.3 Å². The average molecular weight is 270 g/mol. The second kappa shape index (κ2) is 6.78. The molecule has 0 aromatic heterocycles. The van der Waals surface area contributed by atoms with Crippen LogP contribution >= 0.6 is 0 Å². The van der Waals surface area contributed by atoms with E-state index in [9.17, 15) is 8.42 Å². The van der Waals surface area contributed by atoms with Crippen LogP contribution in [0.3, 0.4) is 0 Å². The van der Waals surface area contributed by atoms with Crippen LogP contribution in [0.1, 0.15) is 38.7 Å². The molecular weight excluding hydrogens is 248 g/mol. The highest BCUT2D eigenvalue weighted by atomic mass is 32.2. The van der Waals surface area contributed by atoms with E-state index in [2.05, 4.69) is 13.8 Å². The Balaban J connectivity index is 2.36. The zero-order chi connectivity index (χ0) is 13.6. The van der Waals surface area contributed by atoms with Crippen LogP contribution in [0.5, 0.6) is 5.75 Å². The first-order valence-electron chi connectivity index (χ1n) is 6.38. The van der Waals surface area contributed by atoms with Crippen molar-refractivity contribution in [3.63, 3.8) is 0 Å². The van der Waals surface area contributed by atoms with Gasteiger partial charge < -0.3 is 4.74 Å². The van der Waals surface area contributed by atoms with Gasteiger partial charge in [-0.25, -0.2) is 8.42 Å². The van der Waals surface area contributed by atoms with E-state index in [4.69, 9.17) is 4.74 Å². The van der Waals surface area contributed by atoms with E-state index in [0.717, 1.165) is 5.75 Å². The van der Waals surface area contributed by atoms with Crippen molar-refractivity contribution < 1.29 is 13.2 Å². The zero-order valence-electron chi connectivity index (χ0n) is 11.3. The standard InChI is InChI=1S/C14H22O3S/c1-4-18(15,16)11-5-10-17-14-8-6-13(7-9-14)12(2)3/h6-9,12H,4-5,10-11H2,1-3H3. The van der Waals surface area contributed by atoms with Crippen LogP contribution in [0.2, 0.25) is 0 Å². The van der Waals surface area contributed by atoms with Crippen LogP contribution in [0, 0.1) is 0 Å². The molecule has 0 spiro atoms. The fourth-order valence-electron chi connectivity index (χ4n) is 1.56. The predicted molar refractivity (Wildman–Crippen MR) is 75.0 cm³/mol. The lowest BCUT2D eigenvalue weighted by Crippen LogP contribution is -2.11. The molecule has 0 N–H and O–H groups in total. The summed E-state index contributed by atoms with van der Waals surface area (Å²) >= 11 is 0. The second-order valence-electron chi connectivity index (χ2n) is 4.66. The Morgan fingerprint density at radius 3 is 2.28 bits per heavy atom. The highest BCUT2D eigenvalue weighted by molar-refractivity contribution is 7.91. The van der Waals surface area contributed by atoms with Crippen LogP contribution in [0.25, 0.3) is 0 Å². The van der Waals surface area contributed by atoms with Crippen molar-refractivity contribution in [2.75, 3.05) is 18.1 Å². The molecule has 1 aromatic carbocycles. The molecule has 0 saturated carbocycles. The molecule has 18 heavy (non-hydrogen) atoms. The molecule has 0 fully saturated rings. The molecule has 0 aliphatic rings. The number of ether oxygens (including phenoxy) is 1. The Hall–Kier alpha value is -1.03. The van der Waals surface area contributed by atoms with E-state index in [-0.39, 0.29) is 11.5 Å². The Bertz CT molecular complexity index is 446. The molecule has 0 amide bonds. The van der Waals surface area contributed by atoms with Gasteiger partial charge in [0.2, 0.25) is 0 Å². The van der Waals surface area contributed by atoms with E-state index in [1.165, 1.54) is 5.56 Å². The number of benzene rings is 1. The summed E-state index contributed by atoms with van der Waals surface area (Å²) in [6.45, 7) is 6.40. The molecule has 0 radical (unpaired) electrons. The van der Waals surface area contributed by atoms with Crippen LogP contribution < -0.4 is 4.74 Å². The maximum atomic E-state index is 11.3. The normalized spacial score (nSPS) is 11.8. The van der Waals surface area contributed by atoms with Crippen molar-refractivity contribution in [3.8, 4) is 5.75 Å². The van der Waals surface area contributed by atoms with Gasteiger partial charge in [-0.15, -0.1) is 0 Å². The van der Waals surface area contributed by atoms with Crippen molar-refractivity contribution in [2.45, 2.75) is 33.1 Å². The maximum absolute atomic E-state index is 11.3. The van der Waals surface area contributed by atoms with Crippen molar-refractivity contribution in [3.05, 3.63) is 29.8 Å². The lowest BCUT2D eigenvalue weighted by atomic mass is 10.0. The summed E-state index contributed by atoms with van der Waals surface area (Å²) in [5.74, 6) is 1.71. The number of rotatable bonds is 7. The van der Waals surface area contributed by atoms with E-state index in [0.29, 0.717) is 18.9 Å². The van der Waals surface area contributed by atoms with Gasteiger partial charge in [-0.05, 0) is 30.0 Å². The minimum absolute atomic E-state index is 0.202. The smallest absolute Gasteiger partial charge is 0.150 e. The molecule has 3 nitrogen and oxygen atoms in total. The predicted octanol–water partition coefficient (Wildman–Crippen LogP) is 3.01. The first-order valence-corrected chi connectivity index (χ1v) is 8.20. The summed E-state index contributed by atoms with van der Waals surface area (Å²) in [7, 11) is -2.87. The van der Waals surface area contributed by atoms with Gasteiger partial charge in [-0.1, -0.05) is 32.9 Å².